The molecule has 0 saturated heterocycles. The van der Waals surface area contributed by atoms with Crippen molar-refractivity contribution in [2.45, 2.75) is 38.4 Å². The second kappa shape index (κ2) is 5.31. The van der Waals surface area contributed by atoms with Gasteiger partial charge in [0.2, 0.25) is 0 Å². The summed E-state index contributed by atoms with van der Waals surface area (Å²) < 4.78 is 5.88. The van der Waals surface area contributed by atoms with Crippen LogP contribution in [0.5, 0.6) is 0 Å². The Kier molecular flexibility index (Phi) is 3.37. The molecule has 18 heavy (non-hydrogen) atoms. The molecule has 0 aliphatic heterocycles. The maximum absolute atomic E-state index is 5.88. The van der Waals surface area contributed by atoms with Crippen molar-refractivity contribution in [3.8, 4) is 5.69 Å². The Labute approximate surface area is 107 Å². The van der Waals surface area contributed by atoms with Gasteiger partial charge in [0.1, 0.15) is 0 Å². The van der Waals surface area contributed by atoms with Crippen LogP contribution in [-0.2, 0) is 11.3 Å². The Bertz CT molecular complexity index is 472. The maximum Gasteiger partial charge on any atom is 0.0856 e. The SMILES string of the molecule is c1cnn(-c2ccc(COC3CCCC3)cc2)n1. The molecule has 0 unspecified atom stereocenters. The van der Waals surface area contributed by atoms with Crippen molar-refractivity contribution in [3.05, 3.63) is 42.2 Å². The molecule has 0 atom stereocenters. The lowest BCUT2D eigenvalue weighted by atomic mass is 10.2. The van der Waals surface area contributed by atoms with Crippen molar-refractivity contribution in [1.29, 1.82) is 0 Å². The molecule has 1 fully saturated rings. The molecule has 0 N–H and O–H groups in total. The molecule has 0 radical (unpaired) electrons. The molecule has 1 saturated carbocycles. The number of hydrogen-bond donors (Lipinski definition) is 0. The van der Waals surface area contributed by atoms with Gasteiger partial charge in [-0.25, -0.2) is 0 Å². The van der Waals surface area contributed by atoms with Crippen LogP contribution in [0.2, 0.25) is 0 Å². The van der Waals surface area contributed by atoms with E-state index in [1.807, 2.05) is 12.1 Å². The van der Waals surface area contributed by atoms with Crippen molar-refractivity contribution >= 4 is 0 Å². The third-order valence-corrected chi connectivity index (χ3v) is 3.37. The van der Waals surface area contributed by atoms with E-state index in [9.17, 15) is 0 Å². The highest BCUT2D eigenvalue weighted by Gasteiger charge is 2.14. The van der Waals surface area contributed by atoms with Crippen LogP contribution in [0.25, 0.3) is 5.69 Å². The average Bonchev–Trinajstić information content (AvgIpc) is 3.10. The van der Waals surface area contributed by atoms with Crippen molar-refractivity contribution in [3.63, 3.8) is 0 Å². The maximum atomic E-state index is 5.88. The normalized spacial score (nSPS) is 16.2. The molecule has 4 nitrogen and oxygen atoms in total. The topological polar surface area (TPSA) is 39.9 Å². The van der Waals surface area contributed by atoms with Crippen molar-refractivity contribution < 1.29 is 4.74 Å². The summed E-state index contributed by atoms with van der Waals surface area (Å²) in [6.07, 6.45) is 8.89. The van der Waals surface area contributed by atoms with Gasteiger partial charge in [-0.2, -0.15) is 15.0 Å². The first-order valence-corrected chi connectivity index (χ1v) is 6.49. The minimum atomic E-state index is 0.470. The number of hydrogen-bond acceptors (Lipinski definition) is 3. The lowest BCUT2D eigenvalue weighted by Crippen LogP contribution is -2.07. The van der Waals surface area contributed by atoms with E-state index in [2.05, 4.69) is 22.3 Å². The summed E-state index contributed by atoms with van der Waals surface area (Å²) in [5.41, 5.74) is 2.18. The van der Waals surface area contributed by atoms with Crippen molar-refractivity contribution in [2.75, 3.05) is 0 Å². The molecule has 0 amide bonds. The smallest absolute Gasteiger partial charge is 0.0856 e. The number of benzene rings is 1. The molecular weight excluding hydrogens is 226 g/mol. The second-order valence-corrected chi connectivity index (χ2v) is 4.70. The summed E-state index contributed by atoms with van der Waals surface area (Å²) in [5.74, 6) is 0. The largest absolute Gasteiger partial charge is 0.374 e. The van der Waals surface area contributed by atoms with Crippen LogP contribution in [0.4, 0.5) is 0 Å². The van der Waals surface area contributed by atoms with Gasteiger partial charge in [0.25, 0.3) is 0 Å². The van der Waals surface area contributed by atoms with Crippen molar-refractivity contribution in [1.82, 2.24) is 15.0 Å². The molecular formula is C14H17N3O. The molecule has 1 aliphatic rings. The van der Waals surface area contributed by atoms with Gasteiger partial charge in [0, 0.05) is 0 Å². The van der Waals surface area contributed by atoms with Crippen molar-refractivity contribution in [2.24, 2.45) is 0 Å². The summed E-state index contributed by atoms with van der Waals surface area (Å²) in [6.45, 7) is 0.706. The third kappa shape index (κ3) is 2.59. The van der Waals surface area contributed by atoms with E-state index in [0.29, 0.717) is 12.7 Å². The molecule has 0 spiro atoms. The molecule has 1 aromatic heterocycles. The summed E-state index contributed by atoms with van der Waals surface area (Å²) in [5, 5.41) is 8.20. The summed E-state index contributed by atoms with van der Waals surface area (Å²) >= 11 is 0. The van der Waals surface area contributed by atoms with Crippen LogP contribution >= 0.6 is 0 Å². The Morgan fingerprint density at radius 3 is 2.39 bits per heavy atom. The number of rotatable bonds is 4. The lowest BCUT2D eigenvalue weighted by molar-refractivity contribution is 0.0457. The van der Waals surface area contributed by atoms with Gasteiger partial charge in [-0.3, -0.25) is 0 Å². The quantitative estimate of drug-likeness (QED) is 0.829. The molecule has 94 valence electrons. The zero-order chi connectivity index (χ0) is 12.2. The van der Waals surface area contributed by atoms with Crippen LogP contribution < -0.4 is 0 Å². The van der Waals surface area contributed by atoms with Gasteiger partial charge < -0.3 is 4.74 Å². The molecule has 0 bridgehead atoms. The highest BCUT2D eigenvalue weighted by atomic mass is 16.5. The fourth-order valence-corrected chi connectivity index (χ4v) is 2.34. The van der Waals surface area contributed by atoms with Gasteiger partial charge >= 0.3 is 0 Å². The van der Waals surface area contributed by atoms with E-state index in [0.717, 1.165) is 5.69 Å². The second-order valence-electron chi connectivity index (χ2n) is 4.70. The Morgan fingerprint density at radius 1 is 1.06 bits per heavy atom. The first-order chi connectivity index (χ1) is 8.92. The molecule has 1 heterocycles. The van der Waals surface area contributed by atoms with Gasteiger partial charge in [-0.05, 0) is 30.5 Å². The van der Waals surface area contributed by atoms with E-state index in [1.54, 1.807) is 17.2 Å². The molecule has 2 aromatic rings. The van der Waals surface area contributed by atoms with E-state index >= 15 is 0 Å². The minimum absolute atomic E-state index is 0.470. The van der Waals surface area contributed by atoms with Crippen LogP contribution in [-0.4, -0.2) is 21.1 Å². The molecule has 1 aliphatic carbocycles. The first-order valence-electron chi connectivity index (χ1n) is 6.49. The Hall–Kier alpha value is -1.68. The van der Waals surface area contributed by atoms with E-state index < -0.39 is 0 Å². The zero-order valence-electron chi connectivity index (χ0n) is 10.3. The average molecular weight is 243 g/mol. The van der Waals surface area contributed by atoms with Gasteiger partial charge in [0.15, 0.2) is 0 Å². The molecule has 4 heteroatoms. The van der Waals surface area contributed by atoms with Gasteiger partial charge in [0.05, 0.1) is 30.8 Å². The number of nitrogens with zero attached hydrogens (tertiary/aromatic N) is 3. The summed E-state index contributed by atoms with van der Waals surface area (Å²) in [7, 11) is 0. The fourth-order valence-electron chi connectivity index (χ4n) is 2.34. The Balaban J connectivity index is 1.60. The number of aromatic nitrogens is 3. The minimum Gasteiger partial charge on any atom is -0.374 e. The lowest BCUT2D eigenvalue weighted by Gasteiger charge is -2.11. The predicted octanol–water partition coefficient (Wildman–Crippen LogP) is 2.73. The highest BCUT2D eigenvalue weighted by Crippen LogP contribution is 2.22. The molecule has 1 aromatic carbocycles. The monoisotopic (exact) mass is 243 g/mol. The van der Waals surface area contributed by atoms with Crippen LogP contribution in [0.3, 0.4) is 0 Å². The standard InChI is InChI=1S/C14H17N3O/c1-2-4-14(3-1)18-11-12-5-7-13(8-6-12)17-15-9-10-16-17/h5-10,14H,1-4,11H2. The number of ether oxygens (including phenoxy) is 1. The zero-order valence-corrected chi connectivity index (χ0v) is 10.3. The first kappa shape index (κ1) is 11.4. The fraction of sp³-hybridized carbons (Fsp3) is 0.429. The molecule has 3 rings (SSSR count). The predicted molar refractivity (Wildman–Crippen MR) is 68.4 cm³/mol. The Morgan fingerprint density at radius 2 is 1.72 bits per heavy atom. The van der Waals surface area contributed by atoms with Gasteiger partial charge in [-0.15, -0.1) is 0 Å². The van der Waals surface area contributed by atoms with E-state index in [4.69, 9.17) is 4.74 Å². The van der Waals surface area contributed by atoms with E-state index in [-0.39, 0.29) is 0 Å². The van der Waals surface area contributed by atoms with Crippen LogP contribution in [0.15, 0.2) is 36.7 Å². The third-order valence-electron chi connectivity index (χ3n) is 3.37. The van der Waals surface area contributed by atoms with Crippen LogP contribution in [0, 0.1) is 0 Å². The van der Waals surface area contributed by atoms with E-state index in [1.165, 1.54) is 31.2 Å². The summed E-state index contributed by atoms with van der Waals surface area (Å²) in [4.78, 5) is 1.61. The van der Waals surface area contributed by atoms with Crippen LogP contribution in [0.1, 0.15) is 31.2 Å². The van der Waals surface area contributed by atoms with Gasteiger partial charge in [-0.1, -0.05) is 25.0 Å². The summed E-state index contributed by atoms with van der Waals surface area (Å²) in [6, 6.07) is 8.20. The highest BCUT2D eigenvalue weighted by molar-refractivity contribution is 5.32.